The normalized spacial score (nSPS) is 8.56. The molecule has 4 heteroatoms. The first-order valence-electron chi connectivity index (χ1n) is 2.47. The van der Waals surface area contributed by atoms with Gasteiger partial charge in [-0.1, -0.05) is 15.9 Å². The number of halogens is 2. The molecule has 1 aromatic heterocycles. The molecule has 0 aromatic carbocycles. The van der Waals surface area contributed by atoms with Crippen LogP contribution in [0, 0.1) is 0 Å². The number of hydrogen-bond donors (Lipinski definition) is 1. The van der Waals surface area contributed by atoms with Gasteiger partial charge in [-0.15, -0.1) is 17.0 Å². The van der Waals surface area contributed by atoms with E-state index in [1.54, 1.807) is 6.20 Å². The minimum atomic E-state index is 0. The second-order valence-corrected chi connectivity index (χ2v) is 2.31. The summed E-state index contributed by atoms with van der Waals surface area (Å²) in [7, 11) is 0. The van der Waals surface area contributed by atoms with Gasteiger partial charge in [-0.2, -0.15) is 5.10 Å². The predicted octanol–water partition coefficient (Wildman–Crippen LogP) is 1.92. The maximum absolute atomic E-state index is 3.79. The fourth-order valence-electron chi connectivity index (χ4n) is 0.526. The summed E-state index contributed by atoms with van der Waals surface area (Å²) in [4.78, 5) is 0. The number of alkyl halides is 1. The lowest BCUT2D eigenvalue weighted by Gasteiger charge is -1.85. The van der Waals surface area contributed by atoms with E-state index in [1.165, 1.54) is 5.69 Å². The van der Waals surface area contributed by atoms with Crippen molar-refractivity contribution in [2.24, 2.45) is 0 Å². The van der Waals surface area contributed by atoms with Crippen molar-refractivity contribution in [1.29, 1.82) is 0 Å². The van der Waals surface area contributed by atoms with Gasteiger partial charge in [-0.25, -0.2) is 0 Å². The van der Waals surface area contributed by atoms with Crippen molar-refractivity contribution in [3.63, 3.8) is 0 Å². The van der Waals surface area contributed by atoms with Crippen LogP contribution in [0.4, 0.5) is 0 Å². The zero-order chi connectivity index (χ0) is 5.82. The van der Waals surface area contributed by atoms with Gasteiger partial charge in [0.1, 0.15) is 0 Å². The Morgan fingerprint density at radius 3 is 2.89 bits per heavy atom. The number of aromatic amines is 1. The maximum atomic E-state index is 3.79. The van der Waals surface area contributed by atoms with E-state index in [2.05, 4.69) is 26.1 Å². The van der Waals surface area contributed by atoms with Gasteiger partial charge in [0.2, 0.25) is 0 Å². The van der Waals surface area contributed by atoms with Gasteiger partial charge in [0.05, 0.1) is 0 Å². The third-order valence-electron chi connectivity index (χ3n) is 0.922. The topological polar surface area (TPSA) is 28.7 Å². The van der Waals surface area contributed by atoms with E-state index in [0.717, 1.165) is 11.8 Å². The molecule has 0 fully saturated rings. The van der Waals surface area contributed by atoms with Crippen LogP contribution in [0.3, 0.4) is 0 Å². The molecule has 1 heterocycles. The highest BCUT2D eigenvalue weighted by atomic mass is 79.9. The molecule has 0 aliphatic rings. The molecular formula is C5H8Br2N2. The number of aryl methyl sites for hydroxylation is 1. The van der Waals surface area contributed by atoms with Crippen LogP contribution in [0.15, 0.2) is 12.3 Å². The summed E-state index contributed by atoms with van der Waals surface area (Å²) in [6.07, 6.45) is 2.79. The standard InChI is InChI=1S/C5H7BrN2.BrH/c6-3-1-5-2-4-7-8-5;/h2,4H,1,3H2,(H,7,8);1H. The summed E-state index contributed by atoms with van der Waals surface area (Å²) in [5, 5.41) is 7.65. The summed E-state index contributed by atoms with van der Waals surface area (Å²) in [5.41, 5.74) is 1.18. The number of hydrogen-bond acceptors (Lipinski definition) is 1. The molecule has 1 N–H and O–H groups in total. The van der Waals surface area contributed by atoms with E-state index < -0.39 is 0 Å². The van der Waals surface area contributed by atoms with Gasteiger partial charge in [0.15, 0.2) is 0 Å². The van der Waals surface area contributed by atoms with E-state index in [0.29, 0.717) is 0 Å². The van der Waals surface area contributed by atoms with Gasteiger partial charge in [0.25, 0.3) is 0 Å². The average molecular weight is 256 g/mol. The van der Waals surface area contributed by atoms with Crippen molar-refractivity contribution in [2.75, 3.05) is 5.33 Å². The van der Waals surface area contributed by atoms with Crippen molar-refractivity contribution < 1.29 is 0 Å². The van der Waals surface area contributed by atoms with Gasteiger partial charge in [0, 0.05) is 17.2 Å². The fraction of sp³-hybridized carbons (Fsp3) is 0.400. The minimum Gasteiger partial charge on any atom is -0.283 e. The second-order valence-electron chi connectivity index (χ2n) is 1.52. The van der Waals surface area contributed by atoms with Crippen molar-refractivity contribution in [3.05, 3.63) is 18.0 Å². The van der Waals surface area contributed by atoms with Crippen LogP contribution >= 0.6 is 32.9 Å². The molecule has 0 spiro atoms. The van der Waals surface area contributed by atoms with Gasteiger partial charge >= 0.3 is 0 Å². The molecule has 0 aliphatic carbocycles. The van der Waals surface area contributed by atoms with E-state index in [9.17, 15) is 0 Å². The SMILES string of the molecule is Br.BrCCc1ccn[nH]1. The Labute approximate surface area is 72.9 Å². The quantitative estimate of drug-likeness (QED) is 0.804. The van der Waals surface area contributed by atoms with Crippen molar-refractivity contribution >= 4 is 32.9 Å². The zero-order valence-electron chi connectivity index (χ0n) is 4.80. The number of aromatic nitrogens is 2. The second kappa shape index (κ2) is 4.99. The number of rotatable bonds is 2. The number of H-pyrrole nitrogens is 1. The van der Waals surface area contributed by atoms with Crippen LogP contribution in [0.5, 0.6) is 0 Å². The highest BCUT2D eigenvalue weighted by Crippen LogP contribution is 1.94. The van der Waals surface area contributed by atoms with Crippen LogP contribution in [0.25, 0.3) is 0 Å². The van der Waals surface area contributed by atoms with E-state index in [-0.39, 0.29) is 17.0 Å². The maximum Gasteiger partial charge on any atom is 0.0490 e. The van der Waals surface area contributed by atoms with E-state index in [1.807, 2.05) is 6.07 Å². The first-order valence-corrected chi connectivity index (χ1v) is 3.60. The lowest BCUT2D eigenvalue weighted by Crippen LogP contribution is -1.83. The van der Waals surface area contributed by atoms with Crippen molar-refractivity contribution in [1.82, 2.24) is 10.2 Å². The molecule has 0 saturated carbocycles. The molecule has 52 valence electrons. The smallest absolute Gasteiger partial charge is 0.0490 e. The Hall–Kier alpha value is 0.170. The third kappa shape index (κ3) is 3.01. The van der Waals surface area contributed by atoms with Crippen LogP contribution in [0.2, 0.25) is 0 Å². The Kier molecular flexibility index (Phi) is 5.09. The molecule has 0 atom stereocenters. The molecular weight excluding hydrogens is 248 g/mol. The summed E-state index contributed by atoms with van der Waals surface area (Å²) >= 11 is 3.32. The average Bonchev–Trinajstić information content (AvgIpc) is 2.19. The molecule has 2 nitrogen and oxygen atoms in total. The van der Waals surface area contributed by atoms with Gasteiger partial charge < -0.3 is 0 Å². The Balaban J connectivity index is 0.000000640. The summed E-state index contributed by atoms with van der Waals surface area (Å²) in [5.74, 6) is 0. The van der Waals surface area contributed by atoms with Crippen LogP contribution in [-0.4, -0.2) is 15.5 Å². The largest absolute Gasteiger partial charge is 0.283 e. The monoisotopic (exact) mass is 254 g/mol. The first-order chi connectivity index (χ1) is 3.93. The molecule has 1 aromatic rings. The highest BCUT2D eigenvalue weighted by Gasteiger charge is 1.87. The van der Waals surface area contributed by atoms with Crippen LogP contribution in [-0.2, 0) is 6.42 Å². The minimum absolute atomic E-state index is 0. The molecule has 0 radical (unpaired) electrons. The third-order valence-corrected chi connectivity index (χ3v) is 1.32. The molecule has 1 rings (SSSR count). The van der Waals surface area contributed by atoms with Crippen molar-refractivity contribution in [3.8, 4) is 0 Å². The molecule has 0 saturated heterocycles. The van der Waals surface area contributed by atoms with Crippen LogP contribution < -0.4 is 0 Å². The summed E-state index contributed by atoms with van der Waals surface area (Å²) < 4.78 is 0. The van der Waals surface area contributed by atoms with Gasteiger partial charge in [-0.3, -0.25) is 5.10 Å². The molecule has 0 bridgehead atoms. The van der Waals surface area contributed by atoms with Crippen LogP contribution in [0.1, 0.15) is 5.69 Å². The molecule has 0 unspecified atom stereocenters. The number of nitrogens with one attached hydrogen (secondary N) is 1. The summed E-state index contributed by atoms with van der Waals surface area (Å²) in [6, 6.07) is 1.97. The molecule has 9 heavy (non-hydrogen) atoms. The Morgan fingerprint density at radius 1 is 1.67 bits per heavy atom. The highest BCUT2D eigenvalue weighted by molar-refractivity contribution is 9.09. The fourth-order valence-corrected chi connectivity index (χ4v) is 0.953. The first kappa shape index (κ1) is 9.17. The molecule has 0 amide bonds. The predicted molar refractivity (Wildman–Crippen MR) is 46.4 cm³/mol. The Morgan fingerprint density at radius 2 is 2.44 bits per heavy atom. The lowest BCUT2D eigenvalue weighted by atomic mass is 10.4. The lowest BCUT2D eigenvalue weighted by molar-refractivity contribution is 0.984. The Bertz CT molecular complexity index is 139. The van der Waals surface area contributed by atoms with E-state index in [4.69, 9.17) is 0 Å². The summed E-state index contributed by atoms with van der Waals surface area (Å²) in [6.45, 7) is 0. The van der Waals surface area contributed by atoms with E-state index >= 15 is 0 Å². The van der Waals surface area contributed by atoms with Crippen molar-refractivity contribution in [2.45, 2.75) is 6.42 Å². The molecule has 0 aliphatic heterocycles. The number of nitrogens with zero attached hydrogens (tertiary/aromatic N) is 1. The zero-order valence-corrected chi connectivity index (χ0v) is 8.10. The van der Waals surface area contributed by atoms with Gasteiger partial charge in [-0.05, 0) is 12.5 Å².